The minimum atomic E-state index is -0.394. The Morgan fingerprint density at radius 1 is 1.19 bits per heavy atom. The molecule has 0 atom stereocenters. The number of hydrogen-bond donors (Lipinski definition) is 2. The molecule has 110 valence electrons. The fourth-order valence-electron chi connectivity index (χ4n) is 1.74. The van der Waals surface area contributed by atoms with Crippen LogP contribution < -0.4 is 11.1 Å². The van der Waals surface area contributed by atoms with Crippen LogP contribution in [0.25, 0.3) is 0 Å². The highest BCUT2D eigenvalue weighted by Crippen LogP contribution is 2.29. The predicted octanol–water partition coefficient (Wildman–Crippen LogP) is 4.50. The van der Waals surface area contributed by atoms with Crippen molar-refractivity contribution in [2.75, 3.05) is 17.7 Å². The molecule has 0 amide bonds. The number of nitrogen functional groups attached to an aromatic ring is 1. The largest absolute Gasteiger partial charge is 0.462 e. The first-order valence-corrected chi connectivity index (χ1v) is 7.05. The number of halogens is 2. The molecule has 2 aromatic rings. The van der Waals surface area contributed by atoms with E-state index >= 15 is 0 Å². The molecule has 2 aromatic carbocycles. The van der Waals surface area contributed by atoms with Crippen molar-refractivity contribution >= 4 is 46.2 Å². The maximum Gasteiger partial charge on any atom is 0.338 e. The number of hydrogen-bond acceptors (Lipinski definition) is 4. The van der Waals surface area contributed by atoms with Gasteiger partial charge < -0.3 is 15.8 Å². The summed E-state index contributed by atoms with van der Waals surface area (Å²) in [5.41, 5.74) is 8.15. The molecule has 0 aliphatic rings. The summed E-state index contributed by atoms with van der Waals surface area (Å²) in [6.45, 7) is 2.07. The van der Waals surface area contributed by atoms with Crippen molar-refractivity contribution in [2.45, 2.75) is 6.92 Å². The molecule has 0 aliphatic carbocycles. The summed E-state index contributed by atoms with van der Waals surface area (Å²) in [7, 11) is 0. The van der Waals surface area contributed by atoms with Crippen LogP contribution in [0.2, 0.25) is 10.0 Å². The van der Waals surface area contributed by atoms with Crippen LogP contribution in [0.1, 0.15) is 17.3 Å². The lowest BCUT2D eigenvalue weighted by Gasteiger charge is -2.11. The lowest BCUT2D eigenvalue weighted by Crippen LogP contribution is -2.06. The third kappa shape index (κ3) is 3.80. The van der Waals surface area contributed by atoms with Gasteiger partial charge in [-0.05, 0) is 43.3 Å². The van der Waals surface area contributed by atoms with Crippen molar-refractivity contribution < 1.29 is 9.53 Å². The Labute approximate surface area is 132 Å². The highest BCUT2D eigenvalue weighted by Gasteiger charge is 2.10. The quantitative estimate of drug-likeness (QED) is 0.642. The molecule has 0 saturated carbocycles. The Morgan fingerprint density at radius 3 is 2.62 bits per heavy atom. The number of carbonyl (C=O) groups is 1. The number of anilines is 3. The summed E-state index contributed by atoms with van der Waals surface area (Å²) < 4.78 is 4.96. The minimum Gasteiger partial charge on any atom is -0.462 e. The minimum absolute atomic E-state index is 0.318. The molecule has 21 heavy (non-hydrogen) atoms. The number of nitrogens with one attached hydrogen (secondary N) is 1. The lowest BCUT2D eigenvalue weighted by molar-refractivity contribution is 0.0526. The molecule has 0 fully saturated rings. The van der Waals surface area contributed by atoms with Gasteiger partial charge in [-0.1, -0.05) is 23.2 Å². The smallest absolute Gasteiger partial charge is 0.338 e. The van der Waals surface area contributed by atoms with Gasteiger partial charge in [0.25, 0.3) is 0 Å². The third-order valence-corrected chi connectivity index (χ3v) is 3.50. The molecule has 3 N–H and O–H groups in total. The summed E-state index contributed by atoms with van der Waals surface area (Å²) in [6, 6.07) is 10.0. The van der Waals surface area contributed by atoms with Crippen LogP contribution in [0.3, 0.4) is 0 Å². The van der Waals surface area contributed by atoms with Crippen LogP contribution in [-0.2, 0) is 4.74 Å². The molecular formula is C15H14Cl2N2O2. The van der Waals surface area contributed by atoms with E-state index in [1.807, 2.05) is 0 Å². The van der Waals surface area contributed by atoms with Crippen LogP contribution in [0.5, 0.6) is 0 Å². The Kier molecular flexibility index (Phi) is 4.94. The molecule has 0 aliphatic heterocycles. The van der Waals surface area contributed by atoms with Crippen molar-refractivity contribution in [3.05, 3.63) is 52.0 Å². The monoisotopic (exact) mass is 324 g/mol. The van der Waals surface area contributed by atoms with Crippen LogP contribution >= 0.6 is 23.2 Å². The van der Waals surface area contributed by atoms with Crippen LogP contribution in [0, 0.1) is 0 Å². The zero-order valence-corrected chi connectivity index (χ0v) is 12.8. The van der Waals surface area contributed by atoms with Gasteiger partial charge in [0.1, 0.15) is 0 Å². The van der Waals surface area contributed by atoms with E-state index in [4.69, 9.17) is 33.7 Å². The first-order valence-electron chi connectivity index (χ1n) is 6.30. The summed E-state index contributed by atoms with van der Waals surface area (Å²) in [4.78, 5) is 11.7. The third-order valence-electron chi connectivity index (χ3n) is 2.76. The van der Waals surface area contributed by atoms with Crippen LogP contribution in [0.15, 0.2) is 36.4 Å². The van der Waals surface area contributed by atoms with Gasteiger partial charge in [0.2, 0.25) is 0 Å². The SMILES string of the molecule is CCOC(=O)c1ccc(N)c(Nc2ccc(Cl)c(Cl)c2)c1. The van der Waals surface area contributed by atoms with Crippen molar-refractivity contribution in [3.63, 3.8) is 0 Å². The van der Waals surface area contributed by atoms with Crippen molar-refractivity contribution in [3.8, 4) is 0 Å². The normalized spacial score (nSPS) is 10.2. The Hall–Kier alpha value is -1.91. The molecule has 2 rings (SSSR count). The zero-order chi connectivity index (χ0) is 15.4. The molecule has 6 heteroatoms. The summed E-state index contributed by atoms with van der Waals surface area (Å²) in [6.07, 6.45) is 0. The molecule has 4 nitrogen and oxygen atoms in total. The second-order valence-electron chi connectivity index (χ2n) is 4.28. The topological polar surface area (TPSA) is 64.3 Å². The van der Waals surface area contributed by atoms with Gasteiger partial charge in [-0.15, -0.1) is 0 Å². The maximum absolute atomic E-state index is 11.7. The average molecular weight is 325 g/mol. The summed E-state index contributed by atoms with van der Waals surface area (Å²) in [5.74, 6) is -0.394. The second kappa shape index (κ2) is 6.70. The highest BCUT2D eigenvalue weighted by atomic mass is 35.5. The number of nitrogens with two attached hydrogens (primary N) is 1. The predicted molar refractivity (Wildman–Crippen MR) is 86.6 cm³/mol. The molecule has 0 aromatic heterocycles. The van der Waals surface area contributed by atoms with Gasteiger partial charge in [0.05, 0.1) is 33.6 Å². The second-order valence-corrected chi connectivity index (χ2v) is 5.09. The van der Waals surface area contributed by atoms with E-state index in [1.54, 1.807) is 43.3 Å². The molecule has 0 heterocycles. The van der Waals surface area contributed by atoms with Crippen LogP contribution in [-0.4, -0.2) is 12.6 Å². The van der Waals surface area contributed by atoms with Gasteiger partial charge in [-0.3, -0.25) is 0 Å². The number of carbonyl (C=O) groups excluding carboxylic acids is 1. The summed E-state index contributed by atoms with van der Waals surface area (Å²) >= 11 is 11.8. The van der Waals surface area contributed by atoms with Crippen molar-refractivity contribution in [1.29, 1.82) is 0 Å². The van der Waals surface area contributed by atoms with Gasteiger partial charge >= 0.3 is 5.97 Å². The highest BCUT2D eigenvalue weighted by molar-refractivity contribution is 6.42. The van der Waals surface area contributed by atoms with E-state index in [2.05, 4.69) is 5.32 Å². The summed E-state index contributed by atoms with van der Waals surface area (Å²) in [5, 5.41) is 4.00. The van der Waals surface area contributed by atoms with Crippen LogP contribution in [0.4, 0.5) is 17.1 Å². The fourth-order valence-corrected chi connectivity index (χ4v) is 2.03. The number of rotatable bonds is 4. The van der Waals surface area contributed by atoms with E-state index < -0.39 is 5.97 Å². The fraction of sp³-hybridized carbons (Fsp3) is 0.133. The number of ether oxygens (including phenoxy) is 1. The first kappa shape index (κ1) is 15.5. The van der Waals surface area contributed by atoms with Gasteiger partial charge in [0.15, 0.2) is 0 Å². The molecule has 0 spiro atoms. The van der Waals surface area contributed by atoms with Crippen molar-refractivity contribution in [2.24, 2.45) is 0 Å². The Balaban J connectivity index is 2.28. The van der Waals surface area contributed by atoms with E-state index in [1.165, 1.54) is 0 Å². The molecule has 0 saturated heterocycles. The van der Waals surface area contributed by atoms with Gasteiger partial charge in [0, 0.05) is 5.69 Å². The standard InChI is InChI=1S/C15H14Cl2N2O2/c1-2-21-15(20)9-3-6-13(18)14(7-9)19-10-4-5-11(16)12(17)8-10/h3-8,19H,2,18H2,1H3. The first-order chi connectivity index (χ1) is 10.0. The Bertz CT molecular complexity index is 675. The maximum atomic E-state index is 11.7. The molecule has 0 bridgehead atoms. The average Bonchev–Trinajstić information content (AvgIpc) is 2.45. The van der Waals surface area contributed by atoms with E-state index in [9.17, 15) is 4.79 Å². The zero-order valence-electron chi connectivity index (χ0n) is 11.3. The van der Waals surface area contributed by atoms with Gasteiger partial charge in [-0.2, -0.15) is 0 Å². The molecular weight excluding hydrogens is 311 g/mol. The van der Waals surface area contributed by atoms with E-state index in [-0.39, 0.29) is 0 Å². The van der Waals surface area contributed by atoms with Crippen molar-refractivity contribution in [1.82, 2.24) is 0 Å². The Morgan fingerprint density at radius 2 is 1.95 bits per heavy atom. The molecule has 0 unspecified atom stereocenters. The van der Waals surface area contributed by atoms with E-state index in [0.717, 1.165) is 5.69 Å². The number of benzene rings is 2. The lowest BCUT2D eigenvalue weighted by atomic mass is 10.1. The molecule has 0 radical (unpaired) electrons. The van der Waals surface area contributed by atoms with Gasteiger partial charge in [-0.25, -0.2) is 4.79 Å². The van der Waals surface area contributed by atoms with E-state index in [0.29, 0.717) is 33.6 Å². The number of esters is 1.